The minimum atomic E-state index is -3.36. The highest BCUT2D eigenvalue weighted by molar-refractivity contribution is 8.00. The van der Waals surface area contributed by atoms with E-state index in [9.17, 15) is 42.0 Å². The number of piperidine rings is 1. The number of hydrogen-bond acceptors (Lipinski definition) is 14. The third-order valence-electron chi connectivity index (χ3n) is 11.3. The van der Waals surface area contributed by atoms with Crippen molar-refractivity contribution >= 4 is 63.1 Å². The molecule has 0 saturated carbocycles. The molecule has 0 bridgehead atoms. The van der Waals surface area contributed by atoms with E-state index in [1.54, 1.807) is 17.8 Å². The first kappa shape index (κ1) is 47.3. The van der Waals surface area contributed by atoms with E-state index in [0.29, 0.717) is 24.5 Å². The number of hydrogen-bond donors (Lipinski definition) is 5. The molecule has 4 heterocycles. The largest absolute Gasteiger partial charge is 0.491 e. The summed E-state index contributed by atoms with van der Waals surface area (Å²) in [6, 6.07) is 19.4. The average molecular weight is 934 g/mol. The molecular weight excluding hydrogens is 883 g/mol. The molecule has 0 radical (unpaired) electrons. The van der Waals surface area contributed by atoms with Crippen LogP contribution in [0.15, 0.2) is 66.7 Å². The molecule has 7 rings (SSSR count). The number of nitrogens with zero attached hydrogens (tertiary/aromatic N) is 2. The van der Waals surface area contributed by atoms with Gasteiger partial charge in [-0.1, -0.05) is 36.4 Å². The number of benzene rings is 3. The highest BCUT2D eigenvalue weighted by Crippen LogP contribution is 2.32. The van der Waals surface area contributed by atoms with Crippen molar-refractivity contribution in [3.8, 4) is 16.9 Å². The van der Waals surface area contributed by atoms with Gasteiger partial charge in [-0.25, -0.2) is 12.7 Å². The lowest BCUT2D eigenvalue weighted by molar-refractivity contribution is -0.136. The summed E-state index contributed by atoms with van der Waals surface area (Å²) in [5.41, 5.74) is 3.90. The van der Waals surface area contributed by atoms with Gasteiger partial charge in [-0.05, 0) is 65.4 Å². The predicted molar refractivity (Wildman–Crippen MR) is 236 cm³/mol. The normalized spacial score (nSPS) is 21.0. The molecule has 21 heteroatoms. The van der Waals surface area contributed by atoms with Gasteiger partial charge in [-0.2, -0.15) is 0 Å². The Labute approximate surface area is 380 Å². The van der Waals surface area contributed by atoms with Gasteiger partial charge >= 0.3 is 0 Å². The molecule has 4 atom stereocenters. The molecule has 0 aliphatic carbocycles. The smallest absolute Gasteiger partial charge is 0.262 e. The summed E-state index contributed by atoms with van der Waals surface area (Å²) >= 11 is 1.55. The quantitative estimate of drug-likeness (QED) is 0.0786. The number of amides is 7. The third kappa shape index (κ3) is 12.4. The monoisotopic (exact) mass is 933 g/mol. The second kappa shape index (κ2) is 21.5. The predicted octanol–water partition coefficient (Wildman–Crippen LogP) is 1.05. The summed E-state index contributed by atoms with van der Waals surface area (Å²) in [7, 11) is -3.36. The first-order valence-electron chi connectivity index (χ1n) is 21.2. The SMILES string of the molecule is CS(=O)(=O)N1CCC(C(=O)NCC(=O)NC2NC(c3cccc(-c4cccc(CNC(=O)CCOCCOCCOc5ccc6c(c5)C(=O)N(C5CCC(=O)NC5=O)C6=O)c4)c3)CS2)C1. The Hall–Kier alpha value is -5.71. The van der Waals surface area contributed by atoms with Crippen molar-refractivity contribution in [2.24, 2.45) is 5.92 Å². The molecule has 3 aromatic carbocycles. The van der Waals surface area contributed by atoms with E-state index in [4.69, 9.17) is 14.2 Å². The van der Waals surface area contributed by atoms with Crippen LogP contribution in [0.1, 0.15) is 63.6 Å². The Morgan fingerprint density at radius 3 is 2.34 bits per heavy atom. The van der Waals surface area contributed by atoms with E-state index in [1.165, 1.54) is 16.4 Å². The Kier molecular flexibility index (Phi) is 15.6. The zero-order chi connectivity index (χ0) is 46.1. The van der Waals surface area contributed by atoms with Crippen molar-refractivity contribution in [2.75, 3.05) is 64.7 Å². The van der Waals surface area contributed by atoms with E-state index in [-0.39, 0.29) is 112 Å². The maximum absolute atomic E-state index is 13.0. The number of carbonyl (C=O) groups excluding carboxylic acids is 7. The number of fused-ring (bicyclic) bond motifs is 1. The zero-order valence-corrected chi connectivity index (χ0v) is 37.3. The van der Waals surface area contributed by atoms with Gasteiger partial charge in [-0.15, -0.1) is 11.8 Å². The van der Waals surface area contributed by atoms with Crippen LogP contribution in [0.5, 0.6) is 5.75 Å². The van der Waals surface area contributed by atoms with Gasteiger partial charge in [0.25, 0.3) is 11.8 Å². The molecule has 0 aromatic heterocycles. The van der Waals surface area contributed by atoms with Crippen molar-refractivity contribution < 1.29 is 56.2 Å². The molecule has 4 unspecified atom stereocenters. The molecule has 19 nitrogen and oxygen atoms in total. The van der Waals surface area contributed by atoms with Crippen LogP contribution < -0.4 is 31.3 Å². The van der Waals surface area contributed by atoms with Crippen molar-refractivity contribution in [1.82, 2.24) is 35.8 Å². The van der Waals surface area contributed by atoms with Crippen LogP contribution in [0, 0.1) is 5.92 Å². The molecule has 4 aliphatic heterocycles. The van der Waals surface area contributed by atoms with Crippen molar-refractivity contribution in [2.45, 2.75) is 49.8 Å². The number of ether oxygens (including phenoxy) is 3. The standard InChI is InChI=1S/C44H51N7O12S2/c1-65(59,60)50-14-12-31(25-50)40(55)46-24-39(54)49-44-47-35(26-64-44)30-7-3-6-29(21-30)28-5-2-4-27(20-28)23-45-37(52)13-15-61-16-17-62-18-19-63-32-8-9-33-34(22-32)43(58)51(42(33)57)36-10-11-38(53)48-41(36)56/h2-9,20-22,31,35-36,44,47H,10-19,23-26H2,1H3,(H,45,52)(H,46,55)(H,49,54)(H,48,53,56). The van der Waals surface area contributed by atoms with Crippen LogP contribution in [0.4, 0.5) is 0 Å². The van der Waals surface area contributed by atoms with Crippen molar-refractivity contribution in [3.05, 3.63) is 89.0 Å². The fraction of sp³-hybridized carbons (Fsp3) is 0.432. The second-order valence-electron chi connectivity index (χ2n) is 15.9. The number of nitrogens with one attached hydrogen (secondary N) is 5. The maximum atomic E-state index is 13.0. The summed E-state index contributed by atoms with van der Waals surface area (Å²) in [6.07, 6.45) is 1.81. The summed E-state index contributed by atoms with van der Waals surface area (Å²) in [4.78, 5) is 88.3. The summed E-state index contributed by atoms with van der Waals surface area (Å²) in [5, 5.41) is 14.1. The van der Waals surface area contributed by atoms with Gasteiger partial charge in [0.05, 0.1) is 56.3 Å². The highest BCUT2D eigenvalue weighted by atomic mass is 32.2. The molecule has 346 valence electrons. The maximum Gasteiger partial charge on any atom is 0.262 e. The number of thioether (sulfide) groups is 1. The van der Waals surface area contributed by atoms with Gasteiger partial charge in [0.15, 0.2) is 0 Å². The minimum absolute atomic E-state index is 0.0280. The zero-order valence-electron chi connectivity index (χ0n) is 35.7. The summed E-state index contributed by atoms with van der Waals surface area (Å²) < 4.78 is 41.6. The second-order valence-corrected chi connectivity index (χ2v) is 19.0. The van der Waals surface area contributed by atoms with E-state index in [2.05, 4.69) is 32.7 Å². The van der Waals surface area contributed by atoms with E-state index < -0.39 is 45.6 Å². The van der Waals surface area contributed by atoms with E-state index in [0.717, 1.165) is 33.4 Å². The van der Waals surface area contributed by atoms with Gasteiger partial charge in [0, 0.05) is 44.3 Å². The molecular formula is C44H51N7O12S2. The lowest BCUT2D eigenvalue weighted by Crippen LogP contribution is -2.54. The lowest BCUT2D eigenvalue weighted by atomic mass is 9.98. The first-order valence-corrected chi connectivity index (χ1v) is 24.1. The molecule has 3 saturated heterocycles. The van der Waals surface area contributed by atoms with Crippen LogP contribution in [0.3, 0.4) is 0 Å². The molecule has 5 N–H and O–H groups in total. The van der Waals surface area contributed by atoms with E-state index in [1.807, 2.05) is 42.5 Å². The first-order chi connectivity index (χ1) is 31.2. The van der Waals surface area contributed by atoms with Crippen molar-refractivity contribution in [3.63, 3.8) is 0 Å². The van der Waals surface area contributed by atoms with Crippen LogP contribution in [0.2, 0.25) is 0 Å². The third-order valence-corrected chi connectivity index (χ3v) is 13.7. The Morgan fingerprint density at radius 1 is 0.831 bits per heavy atom. The number of sulfonamides is 1. The van der Waals surface area contributed by atoms with Crippen LogP contribution in [0.25, 0.3) is 11.1 Å². The Bertz CT molecular complexity index is 2440. The number of carbonyl (C=O) groups is 7. The fourth-order valence-corrected chi connectivity index (χ4v) is 9.87. The summed E-state index contributed by atoms with van der Waals surface area (Å²) in [5.74, 6) is -2.58. The van der Waals surface area contributed by atoms with Crippen LogP contribution in [-0.2, 0) is 50.0 Å². The van der Waals surface area contributed by atoms with Crippen LogP contribution >= 0.6 is 11.8 Å². The van der Waals surface area contributed by atoms with Gasteiger partial charge in [0.2, 0.25) is 39.6 Å². The lowest BCUT2D eigenvalue weighted by Gasteiger charge is -2.27. The highest BCUT2D eigenvalue weighted by Gasteiger charge is 2.45. The Morgan fingerprint density at radius 2 is 1.57 bits per heavy atom. The topological polar surface area (TPSA) is 248 Å². The Balaban J connectivity index is 0.752. The van der Waals surface area contributed by atoms with Gasteiger partial charge < -0.3 is 30.2 Å². The average Bonchev–Trinajstić information content (AvgIpc) is 4.04. The molecule has 0 spiro atoms. The molecule has 65 heavy (non-hydrogen) atoms. The number of imide groups is 2. The van der Waals surface area contributed by atoms with Crippen molar-refractivity contribution in [1.29, 1.82) is 0 Å². The number of rotatable bonds is 20. The van der Waals surface area contributed by atoms with Gasteiger partial charge in [-0.3, -0.25) is 49.1 Å². The molecule has 3 aromatic rings. The van der Waals surface area contributed by atoms with Gasteiger partial charge in [0.1, 0.15) is 23.9 Å². The molecule has 4 aliphatic rings. The molecule has 3 fully saturated rings. The van der Waals surface area contributed by atoms with Crippen LogP contribution in [-0.4, -0.2) is 135 Å². The minimum Gasteiger partial charge on any atom is -0.491 e. The fourth-order valence-electron chi connectivity index (χ4n) is 7.83. The summed E-state index contributed by atoms with van der Waals surface area (Å²) in [6.45, 7) is 1.66. The van der Waals surface area contributed by atoms with E-state index >= 15 is 0 Å². The molecule has 7 amide bonds.